The average molecular weight is 395 g/mol. The van der Waals surface area contributed by atoms with Crippen LogP contribution in [0.15, 0.2) is 88.4 Å². The third-order valence-corrected chi connectivity index (χ3v) is 4.51. The van der Waals surface area contributed by atoms with Crippen molar-refractivity contribution in [1.82, 2.24) is 0 Å². The van der Waals surface area contributed by atoms with Crippen LogP contribution < -0.4 is 10.2 Å². The molecule has 3 aromatic carbocycles. The maximum atomic E-state index is 5.25. The summed E-state index contributed by atoms with van der Waals surface area (Å²) in [6.45, 7) is 0. The van der Waals surface area contributed by atoms with Crippen molar-refractivity contribution >= 4 is 27.3 Å². The predicted molar refractivity (Wildman–Crippen MR) is 107 cm³/mol. The van der Waals surface area contributed by atoms with Crippen molar-refractivity contribution in [3.05, 3.63) is 94.5 Å². The van der Waals surface area contributed by atoms with Crippen molar-refractivity contribution in [1.29, 1.82) is 0 Å². The SMILES string of the molecule is COc1ccc(/C(Cc2ccccc2)=N\Nc2ccccc2Br)cc1. The van der Waals surface area contributed by atoms with Gasteiger partial charge >= 0.3 is 0 Å². The summed E-state index contributed by atoms with van der Waals surface area (Å²) < 4.78 is 6.23. The van der Waals surface area contributed by atoms with Crippen LogP contribution in [-0.4, -0.2) is 12.8 Å². The summed E-state index contributed by atoms with van der Waals surface area (Å²) in [7, 11) is 1.67. The molecule has 0 spiro atoms. The van der Waals surface area contributed by atoms with E-state index in [0.29, 0.717) is 0 Å². The number of halogens is 1. The molecule has 0 aliphatic rings. The monoisotopic (exact) mass is 394 g/mol. The van der Waals surface area contributed by atoms with E-state index in [1.807, 2.05) is 66.7 Å². The molecule has 0 saturated heterocycles. The number of hydrogen-bond acceptors (Lipinski definition) is 3. The highest BCUT2D eigenvalue weighted by molar-refractivity contribution is 9.10. The lowest BCUT2D eigenvalue weighted by Gasteiger charge is -2.10. The molecular weight excluding hydrogens is 376 g/mol. The summed E-state index contributed by atoms with van der Waals surface area (Å²) in [6, 6.07) is 26.2. The highest BCUT2D eigenvalue weighted by Crippen LogP contribution is 2.22. The zero-order valence-electron chi connectivity index (χ0n) is 13.9. The normalized spacial score (nSPS) is 11.2. The van der Waals surface area contributed by atoms with Crippen molar-refractivity contribution < 1.29 is 4.74 Å². The number of nitrogens with zero attached hydrogens (tertiary/aromatic N) is 1. The fourth-order valence-electron chi connectivity index (χ4n) is 2.46. The van der Waals surface area contributed by atoms with Gasteiger partial charge in [-0.15, -0.1) is 0 Å². The second-order valence-electron chi connectivity index (χ2n) is 5.54. The molecular formula is C21H19BrN2O. The molecule has 0 bridgehead atoms. The van der Waals surface area contributed by atoms with Crippen LogP contribution in [0.25, 0.3) is 0 Å². The number of benzene rings is 3. The van der Waals surface area contributed by atoms with E-state index in [0.717, 1.165) is 33.6 Å². The Morgan fingerprint density at radius 3 is 2.28 bits per heavy atom. The second kappa shape index (κ2) is 8.49. The summed E-state index contributed by atoms with van der Waals surface area (Å²) in [6.07, 6.45) is 0.741. The number of ether oxygens (including phenoxy) is 1. The fraction of sp³-hybridized carbons (Fsp3) is 0.0952. The van der Waals surface area contributed by atoms with Gasteiger partial charge in [0, 0.05) is 10.9 Å². The molecule has 0 unspecified atom stereocenters. The molecule has 0 aliphatic carbocycles. The van der Waals surface area contributed by atoms with Crippen molar-refractivity contribution in [2.75, 3.05) is 12.5 Å². The van der Waals surface area contributed by atoms with E-state index in [2.05, 4.69) is 38.6 Å². The fourth-order valence-corrected chi connectivity index (χ4v) is 2.83. The molecule has 3 aromatic rings. The topological polar surface area (TPSA) is 33.6 Å². The van der Waals surface area contributed by atoms with Crippen LogP contribution in [0.5, 0.6) is 5.75 Å². The number of anilines is 1. The van der Waals surface area contributed by atoms with Crippen molar-refractivity contribution in [3.63, 3.8) is 0 Å². The molecule has 0 amide bonds. The van der Waals surface area contributed by atoms with Gasteiger partial charge in [0.25, 0.3) is 0 Å². The minimum Gasteiger partial charge on any atom is -0.497 e. The molecule has 25 heavy (non-hydrogen) atoms. The molecule has 1 N–H and O–H groups in total. The second-order valence-corrected chi connectivity index (χ2v) is 6.40. The Morgan fingerprint density at radius 2 is 1.60 bits per heavy atom. The van der Waals surface area contributed by atoms with Gasteiger partial charge in [-0.05, 0) is 63.5 Å². The van der Waals surface area contributed by atoms with E-state index < -0.39 is 0 Å². The first-order valence-electron chi connectivity index (χ1n) is 8.02. The molecule has 4 heteroatoms. The Bertz CT molecular complexity index is 845. The summed E-state index contributed by atoms with van der Waals surface area (Å²) in [5.74, 6) is 0.835. The zero-order valence-corrected chi connectivity index (χ0v) is 15.5. The Morgan fingerprint density at radius 1 is 0.920 bits per heavy atom. The van der Waals surface area contributed by atoms with Crippen molar-refractivity contribution in [2.24, 2.45) is 5.10 Å². The van der Waals surface area contributed by atoms with Crippen LogP contribution in [0.1, 0.15) is 11.1 Å². The van der Waals surface area contributed by atoms with Gasteiger partial charge in [-0.25, -0.2) is 0 Å². The summed E-state index contributed by atoms with van der Waals surface area (Å²) in [4.78, 5) is 0. The smallest absolute Gasteiger partial charge is 0.118 e. The first-order valence-corrected chi connectivity index (χ1v) is 8.81. The van der Waals surface area contributed by atoms with Gasteiger partial charge in [-0.1, -0.05) is 42.5 Å². The molecule has 0 aromatic heterocycles. The number of hydrazone groups is 1. The Hall–Kier alpha value is -2.59. The average Bonchev–Trinajstić information content (AvgIpc) is 2.67. The minimum absolute atomic E-state index is 0.741. The van der Waals surface area contributed by atoms with Crippen molar-refractivity contribution in [2.45, 2.75) is 6.42 Å². The third-order valence-electron chi connectivity index (χ3n) is 3.82. The van der Waals surface area contributed by atoms with E-state index in [4.69, 9.17) is 4.74 Å². The Kier molecular flexibility index (Phi) is 5.86. The highest BCUT2D eigenvalue weighted by Gasteiger charge is 2.07. The van der Waals surface area contributed by atoms with Crippen LogP contribution in [0.4, 0.5) is 5.69 Å². The van der Waals surface area contributed by atoms with Crippen LogP contribution in [-0.2, 0) is 6.42 Å². The Balaban J connectivity index is 1.90. The predicted octanol–water partition coefficient (Wildman–Crippen LogP) is 5.52. The number of hydrogen-bond donors (Lipinski definition) is 1. The minimum atomic E-state index is 0.741. The summed E-state index contributed by atoms with van der Waals surface area (Å²) in [5.41, 5.74) is 7.34. The first kappa shape index (κ1) is 17.2. The first-order chi connectivity index (χ1) is 12.3. The van der Waals surface area contributed by atoms with Gasteiger partial charge in [0.05, 0.1) is 18.5 Å². The summed E-state index contributed by atoms with van der Waals surface area (Å²) >= 11 is 3.54. The van der Waals surface area contributed by atoms with E-state index in [-0.39, 0.29) is 0 Å². The van der Waals surface area contributed by atoms with E-state index in [9.17, 15) is 0 Å². The molecule has 0 atom stereocenters. The maximum absolute atomic E-state index is 5.25. The van der Waals surface area contributed by atoms with Crippen LogP contribution in [0.3, 0.4) is 0 Å². The highest BCUT2D eigenvalue weighted by atomic mass is 79.9. The third kappa shape index (κ3) is 4.70. The molecule has 0 radical (unpaired) electrons. The van der Waals surface area contributed by atoms with Crippen LogP contribution >= 0.6 is 15.9 Å². The molecule has 0 fully saturated rings. The van der Waals surface area contributed by atoms with Crippen LogP contribution in [0, 0.1) is 0 Å². The molecule has 0 saturated carbocycles. The number of rotatable bonds is 6. The zero-order chi connectivity index (χ0) is 17.5. The largest absolute Gasteiger partial charge is 0.497 e. The number of methoxy groups -OCH3 is 1. The van der Waals surface area contributed by atoms with Gasteiger partial charge in [0.15, 0.2) is 0 Å². The molecule has 126 valence electrons. The molecule has 3 rings (SSSR count). The van der Waals surface area contributed by atoms with Gasteiger partial charge in [-0.3, -0.25) is 5.43 Å². The summed E-state index contributed by atoms with van der Waals surface area (Å²) in [5, 5.41) is 4.67. The molecule has 0 aliphatic heterocycles. The van der Waals surface area contributed by atoms with Gasteiger partial charge < -0.3 is 4.74 Å². The molecule has 3 nitrogen and oxygen atoms in total. The molecule has 0 heterocycles. The van der Waals surface area contributed by atoms with Crippen LogP contribution in [0.2, 0.25) is 0 Å². The Labute approximate surface area is 156 Å². The van der Waals surface area contributed by atoms with Gasteiger partial charge in [0.2, 0.25) is 0 Å². The quantitative estimate of drug-likeness (QED) is 0.441. The van der Waals surface area contributed by atoms with Crippen molar-refractivity contribution in [3.8, 4) is 5.75 Å². The van der Waals surface area contributed by atoms with Gasteiger partial charge in [0.1, 0.15) is 5.75 Å². The maximum Gasteiger partial charge on any atom is 0.118 e. The number of para-hydroxylation sites is 1. The lowest BCUT2D eigenvalue weighted by molar-refractivity contribution is 0.415. The van der Waals surface area contributed by atoms with E-state index in [1.165, 1.54) is 5.56 Å². The lowest BCUT2D eigenvalue weighted by Crippen LogP contribution is -2.08. The van der Waals surface area contributed by atoms with E-state index >= 15 is 0 Å². The standard InChI is InChI=1S/C21H19BrN2O/c1-25-18-13-11-17(12-14-18)21(15-16-7-3-2-4-8-16)24-23-20-10-6-5-9-19(20)22/h2-14,23H,15H2,1H3/b24-21-. The van der Waals surface area contributed by atoms with E-state index in [1.54, 1.807) is 7.11 Å². The lowest BCUT2D eigenvalue weighted by atomic mass is 10.0. The number of nitrogens with one attached hydrogen (secondary N) is 1. The van der Waals surface area contributed by atoms with Gasteiger partial charge in [-0.2, -0.15) is 5.10 Å².